The average Bonchev–Trinajstić information content (AvgIpc) is 3.96. The standard InChI is InChI=1S/C43H54N2O11/c1-8-14-34(46)42(3,4)36-20-13-18-32-33(54-32)23-22-27(50-7)24-39-45-29(26-52-39)41(49)56-37(43(5,6)35(47)15-9-2)19-12-17-31-30(53-31)16-10-11-21-38-44-28(25-51-38)40(48)55-36/h8-18,21-23,25-27,30-37,46-47H,19-20,24H2,1-7H3/t27-,30-,31+,32-,33+,34-,35-,36-,37+/m0/s1. The molecule has 9 atom stereocenters. The highest BCUT2D eigenvalue weighted by Gasteiger charge is 2.41. The number of aliphatic hydroxyl groups is 2. The van der Waals surface area contributed by atoms with Gasteiger partial charge in [-0.2, -0.15) is 0 Å². The van der Waals surface area contributed by atoms with Gasteiger partial charge in [0.25, 0.3) is 0 Å². The van der Waals surface area contributed by atoms with E-state index in [9.17, 15) is 19.8 Å². The maximum atomic E-state index is 13.4. The fraction of sp³-hybridized carbons (Fsp3) is 0.488. The Kier molecular flexibility index (Phi) is 14.4. The lowest BCUT2D eigenvalue weighted by Crippen LogP contribution is -2.42. The molecule has 2 fully saturated rings. The minimum Gasteiger partial charge on any atom is -0.457 e. The summed E-state index contributed by atoms with van der Waals surface area (Å²) in [5, 5.41) is 21.9. The van der Waals surface area contributed by atoms with E-state index < -0.39 is 53.3 Å². The van der Waals surface area contributed by atoms with Crippen molar-refractivity contribution in [2.24, 2.45) is 10.8 Å². The Morgan fingerprint density at radius 1 is 0.732 bits per heavy atom. The third-order valence-electron chi connectivity index (χ3n) is 10.2. The number of esters is 2. The van der Waals surface area contributed by atoms with Gasteiger partial charge in [0.15, 0.2) is 17.3 Å². The van der Waals surface area contributed by atoms with Crippen LogP contribution in [0.2, 0.25) is 0 Å². The number of fused-ring (bicyclic) bond motifs is 6. The molecule has 2 aromatic rings. The summed E-state index contributed by atoms with van der Waals surface area (Å²) in [6, 6.07) is 0. The van der Waals surface area contributed by atoms with E-state index >= 15 is 0 Å². The molecule has 3 aliphatic heterocycles. The van der Waals surface area contributed by atoms with Crippen molar-refractivity contribution in [2.45, 2.75) is 116 Å². The minimum atomic E-state index is -0.884. The number of hydrogen-bond donors (Lipinski definition) is 2. The summed E-state index contributed by atoms with van der Waals surface area (Å²) in [4.78, 5) is 35.3. The van der Waals surface area contributed by atoms with Crippen molar-refractivity contribution in [3.05, 3.63) is 115 Å². The van der Waals surface area contributed by atoms with Gasteiger partial charge < -0.3 is 42.7 Å². The zero-order valence-corrected chi connectivity index (χ0v) is 33.0. The maximum Gasteiger partial charge on any atom is 0.360 e. The first-order valence-electron chi connectivity index (χ1n) is 18.9. The normalized spacial score (nSPS) is 28.1. The molecule has 5 heterocycles. The molecule has 5 rings (SSSR count). The van der Waals surface area contributed by atoms with Crippen LogP contribution in [0.15, 0.2) is 100 Å². The van der Waals surface area contributed by atoms with Crippen LogP contribution in [-0.2, 0) is 30.1 Å². The third-order valence-corrected chi connectivity index (χ3v) is 10.2. The molecule has 0 saturated carbocycles. The van der Waals surface area contributed by atoms with Crippen LogP contribution < -0.4 is 0 Å². The summed E-state index contributed by atoms with van der Waals surface area (Å²) < 4.78 is 40.3. The highest BCUT2D eigenvalue weighted by atomic mass is 16.6. The molecule has 0 unspecified atom stereocenters. The number of aromatic nitrogens is 2. The maximum absolute atomic E-state index is 13.4. The summed E-state index contributed by atoms with van der Waals surface area (Å²) in [5.41, 5.74) is -1.68. The van der Waals surface area contributed by atoms with E-state index in [0.717, 1.165) is 0 Å². The largest absolute Gasteiger partial charge is 0.457 e. The quantitative estimate of drug-likeness (QED) is 0.178. The molecule has 13 nitrogen and oxygen atoms in total. The Hall–Kier alpha value is -4.66. The van der Waals surface area contributed by atoms with Crippen molar-refractivity contribution in [2.75, 3.05) is 7.11 Å². The number of cyclic esters (lactones) is 2. The second kappa shape index (κ2) is 19.0. The van der Waals surface area contributed by atoms with Gasteiger partial charge in [-0.3, -0.25) is 0 Å². The van der Waals surface area contributed by atoms with Gasteiger partial charge in [0, 0.05) is 36.9 Å². The number of oxazole rings is 2. The number of epoxide rings is 2. The summed E-state index contributed by atoms with van der Waals surface area (Å²) in [6.45, 7) is 11.0. The van der Waals surface area contributed by atoms with Gasteiger partial charge in [-0.25, -0.2) is 19.6 Å². The van der Waals surface area contributed by atoms with Gasteiger partial charge in [0.05, 0.1) is 24.7 Å². The van der Waals surface area contributed by atoms with Gasteiger partial charge in [0.2, 0.25) is 5.89 Å². The zero-order valence-electron chi connectivity index (χ0n) is 33.0. The first-order chi connectivity index (χ1) is 26.8. The Morgan fingerprint density at radius 2 is 1.25 bits per heavy atom. The number of methoxy groups -OCH3 is 1. The first-order valence-corrected chi connectivity index (χ1v) is 18.9. The van der Waals surface area contributed by atoms with Gasteiger partial charge >= 0.3 is 11.9 Å². The van der Waals surface area contributed by atoms with Crippen LogP contribution in [0.25, 0.3) is 6.08 Å². The molecule has 2 aromatic heterocycles. The van der Waals surface area contributed by atoms with Gasteiger partial charge in [-0.1, -0.05) is 107 Å². The second-order valence-electron chi connectivity index (χ2n) is 15.1. The first kappa shape index (κ1) is 42.5. The lowest BCUT2D eigenvalue weighted by molar-refractivity contribution is -0.0461. The van der Waals surface area contributed by atoms with Crippen LogP contribution in [0.5, 0.6) is 0 Å². The molecule has 3 aliphatic rings. The van der Waals surface area contributed by atoms with Gasteiger partial charge in [-0.05, 0) is 13.8 Å². The average molecular weight is 775 g/mol. The van der Waals surface area contributed by atoms with Crippen LogP contribution >= 0.6 is 0 Å². The molecule has 0 aliphatic carbocycles. The predicted octanol–water partition coefficient (Wildman–Crippen LogP) is 6.46. The van der Waals surface area contributed by atoms with E-state index in [0.29, 0.717) is 12.8 Å². The van der Waals surface area contributed by atoms with Crippen LogP contribution in [-0.4, -0.2) is 94.2 Å². The summed E-state index contributed by atoms with van der Waals surface area (Å²) in [7, 11) is 1.56. The Labute approximate surface area is 328 Å². The fourth-order valence-corrected chi connectivity index (χ4v) is 6.10. The predicted molar refractivity (Wildman–Crippen MR) is 207 cm³/mol. The monoisotopic (exact) mass is 774 g/mol. The second-order valence-corrected chi connectivity index (χ2v) is 15.1. The summed E-state index contributed by atoms with van der Waals surface area (Å²) >= 11 is 0. The number of rotatable bonds is 7. The Balaban J connectivity index is 1.37. The van der Waals surface area contributed by atoms with Crippen molar-refractivity contribution < 1.29 is 52.3 Å². The molecule has 2 N–H and O–H groups in total. The van der Waals surface area contributed by atoms with Crippen molar-refractivity contribution in [3.8, 4) is 0 Å². The third kappa shape index (κ3) is 11.2. The molecule has 13 heteroatoms. The lowest BCUT2D eigenvalue weighted by atomic mass is 9.79. The highest BCUT2D eigenvalue weighted by molar-refractivity contribution is 5.87. The number of aliphatic hydroxyl groups excluding tert-OH is 2. The molecule has 0 amide bonds. The van der Waals surface area contributed by atoms with Gasteiger partial charge in [0.1, 0.15) is 49.2 Å². The van der Waals surface area contributed by atoms with Crippen LogP contribution in [0.1, 0.15) is 87.1 Å². The van der Waals surface area contributed by atoms with E-state index in [1.807, 2.05) is 84.1 Å². The van der Waals surface area contributed by atoms with Gasteiger partial charge in [-0.15, -0.1) is 0 Å². The molecular weight excluding hydrogens is 720 g/mol. The van der Waals surface area contributed by atoms with Crippen molar-refractivity contribution >= 4 is 18.0 Å². The molecule has 302 valence electrons. The van der Waals surface area contributed by atoms with Crippen molar-refractivity contribution in [1.82, 2.24) is 9.97 Å². The highest BCUT2D eigenvalue weighted by Crippen LogP contribution is 2.35. The number of carbonyl (C=O) groups is 2. The lowest BCUT2D eigenvalue weighted by Gasteiger charge is -2.36. The molecule has 2 saturated heterocycles. The van der Waals surface area contributed by atoms with Crippen molar-refractivity contribution in [1.29, 1.82) is 0 Å². The Bertz CT molecular complexity index is 1840. The van der Waals surface area contributed by atoms with E-state index in [4.69, 9.17) is 32.5 Å². The van der Waals surface area contributed by atoms with Crippen LogP contribution in [0.4, 0.5) is 0 Å². The SMILES string of the molecule is CC=C[C@H](O)C(C)(C)[C@@H]1CC=C[C@@H]2O[C@@H]2C=C[C@H](OC)Cc2nc(co2)C(=O)O[C@@H](C(C)(C)[C@@H](O)C=CC)CC=C[C@H]2O[C@H]2C=CC=Cc2nc(co2)C(=O)O1. The molecular formula is C43H54N2O11. The fourth-order valence-electron chi connectivity index (χ4n) is 6.10. The van der Waals surface area contributed by atoms with E-state index in [2.05, 4.69) is 9.97 Å². The summed E-state index contributed by atoms with van der Waals surface area (Å²) in [5.74, 6) is -0.844. The molecule has 0 aromatic carbocycles. The van der Waals surface area contributed by atoms with Crippen LogP contribution in [0, 0.1) is 10.8 Å². The number of nitrogens with zero attached hydrogens (tertiary/aromatic N) is 2. The number of allylic oxidation sites excluding steroid dienone is 4. The molecule has 4 bridgehead atoms. The number of ether oxygens (including phenoxy) is 5. The van der Waals surface area contributed by atoms with Crippen LogP contribution in [0.3, 0.4) is 0 Å². The molecule has 0 radical (unpaired) electrons. The Morgan fingerprint density at radius 3 is 1.80 bits per heavy atom. The number of carbonyl (C=O) groups excluding carboxylic acids is 2. The van der Waals surface area contributed by atoms with E-state index in [-0.39, 0.29) is 54.0 Å². The van der Waals surface area contributed by atoms with Crippen molar-refractivity contribution in [3.63, 3.8) is 0 Å². The van der Waals surface area contributed by atoms with E-state index in [1.54, 1.807) is 49.6 Å². The smallest absolute Gasteiger partial charge is 0.360 e. The molecule has 0 spiro atoms. The van der Waals surface area contributed by atoms with E-state index in [1.165, 1.54) is 12.5 Å². The minimum absolute atomic E-state index is 0.00381. The zero-order chi connectivity index (χ0) is 40.5. The topological polar surface area (TPSA) is 179 Å². The molecule has 56 heavy (non-hydrogen) atoms. The number of hydrogen-bond acceptors (Lipinski definition) is 13. The summed E-state index contributed by atoms with van der Waals surface area (Å²) in [6.07, 6.45) is 24.1.